The molecule has 7 heteroatoms. The van der Waals surface area contributed by atoms with Crippen LogP contribution in [0.3, 0.4) is 0 Å². The van der Waals surface area contributed by atoms with Crippen LogP contribution in [0, 0.1) is 5.82 Å². The van der Waals surface area contributed by atoms with Crippen molar-refractivity contribution in [1.29, 1.82) is 0 Å². The topological polar surface area (TPSA) is 58.6 Å². The van der Waals surface area contributed by atoms with Crippen LogP contribution in [0.15, 0.2) is 47.5 Å². The van der Waals surface area contributed by atoms with Gasteiger partial charge in [0.1, 0.15) is 11.5 Å². The Morgan fingerprint density at radius 3 is 2.72 bits per heavy atom. The highest BCUT2D eigenvalue weighted by Crippen LogP contribution is 2.32. The van der Waals surface area contributed by atoms with Gasteiger partial charge in [0.25, 0.3) is 11.8 Å². The third-order valence-electron chi connectivity index (χ3n) is 3.76. The summed E-state index contributed by atoms with van der Waals surface area (Å²) in [4.78, 5) is 27.4. The molecule has 0 unspecified atom stereocenters. The average Bonchev–Trinajstić information content (AvgIpc) is 3.18. The van der Waals surface area contributed by atoms with Crippen LogP contribution >= 0.6 is 11.3 Å². The van der Waals surface area contributed by atoms with Gasteiger partial charge in [-0.1, -0.05) is 12.1 Å². The normalized spacial score (nSPS) is 14.6. The summed E-state index contributed by atoms with van der Waals surface area (Å²) in [5.74, 6) is -1.17. The van der Waals surface area contributed by atoms with E-state index in [1.807, 2.05) is 11.4 Å². The molecule has 1 aliphatic rings. The number of anilines is 1. The number of halogens is 1. The van der Waals surface area contributed by atoms with E-state index in [2.05, 4.69) is 5.32 Å². The Bertz CT molecular complexity index is 817. The third kappa shape index (κ3) is 3.62. The van der Waals surface area contributed by atoms with Crippen LogP contribution in [-0.2, 0) is 14.3 Å². The molecule has 5 nitrogen and oxygen atoms in total. The lowest BCUT2D eigenvalue weighted by molar-refractivity contribution is -0.136. The maximum absolute atomic E-state index is 13.4. The van der Waals surface area contributed by atoms with Crippen molar-refractivity contribution < 1.29 is 18.7 Å². The maximum Gasteiger partial charge on any atom is 0.278 e. The summed E-state index contributed by atoms with van der Waals surface area (Å²) >= 11 is 1.38. The SMILES string of the molecule is COCCCN1C(=O)C(Nc2cccc(F)c2)=C(c2cccs2)C1=O. The molecule has 3 rings (SSSR count). The first-order chi connectivity index (χ1) is 12.1. The Balaban J connectivity index is 1.94. The van der Waals surface area contributed by atoms with Gasteiger partial charge in [0.15, 0.2) is 0 Å². The second-order valence-electron chi connectivity index (χ2n) is 5.47. The Hall–Kier alpha value is -2.51. The van der Waals surface area contributed by atoms with Crippen molar-refractivity contribution in [1.82, 2.24) is 4.90 Å². The molecule has 0 saturated carbocycles. The second-order valence-corrected chi connectivity index (χ2v) is 6.42. The molecule has 0 spiro atoms. The number of rotatable bonds is 7. The molecule has 130 valence electrons. The quantitative estimate of drug-likeness (QED) is 0.609. The summed E-state index contributed by atoms with van der Waals surface area (Å²) in [5, 5.41) is 4.76. The zero-order chi connectivity index (χ0) is 17.8. The van der Waals surface area contributed by atoms with Gasteiger partial charge < -0.3 is 10.1 Å². The first kappa shape index (κ1) is 17.3. The maximum atomic E-state index is 13.4. The molecule has 0 fully saturated rings. The van der Waals surface area contributed by atoms with E-state index in [1.54, 1.807) is 25.3 Å². The fourth-order valence-corrected chi connectivity index (χ4v) is 3.39. The zero-order valence-corrected chi connectivity index (χ0v) is 14.4. The molecule has 2 aromatic rings. The van der Waals surface area contributed by atoms with Crippen LogP contribution in [0.2, 0.25) is 0 Å². The Morgan fingerprint density at radius 2 is 2.04 bits per heavy atom. The van der Waals surface area contributed by atoms with Gasteiger partial charge in [-0.05, 0) is 36.1 Å². The van der Waals surface area contributed by atoms with Crippen molar-refractivity contribution in [3.63, 3.8) is 0 Å². The van der Waals surface area contributed by atoms with Gasteiger partial charge in [0.05, 0.1) is 5.57 Å². The molecule has 1 aromatic heterocycles. The number of hydrogen-bond donors (Lipinski definition) is 1. The van der Waals surface area contributed by atoms with E-state index in [9.17, 15) is 14.0 Å². The lowest BCUT2D eigenvalue weighted by Gasteiger charge is -2.14. The van der Waals surface area contributed by atoms with E-state index in [0.29, 0.717) is 29.2 Å². The number of hydrogen-bond acceptors (Lipinski definition) is 5. The van der Waals surface area contributed by atoms with Gasteiger partial charge >= 0.3 is 0 Å². The summed E-state index contributed by atoms with van der Waals surface area (Å²) in [6.45, 7) is 0.729. The van der Waals surface area contributed by atoms with E-state index in [-0.39, 0.29) is 18.1 Å². The predicted molar refractivity (Wildman–Crippen MR) is 94.5 cm³/mol. The van der Waals surface area contributed by atoms with E-state index in [4.69, 9.17) is 4.74 Å². The van der Waals surface area contributed by atoms with Gasteiger partial charge in [-0.15, -0.1) is 11.3 Å². The zero-order valence-electron chi connectivity index (χ0n) is 13.6. The number of amides is 2. The number of ether oxygens (including phenoxy) is 1. The van der Waals surface area contributed by atoms with Crippen LogP contribution in [0.1, 0.15) is 11.3 Å². The first-order valence-corrected chi connectivity index (χ1v) is 8.65. The largest absolute Gasteiger partial charge is 0.385 e. The molecule has 1 aliphatic heterocycles. The molecule has 0 saturated heterocycles. The molecule has 0 radical (unpaired) electrons. The standard InChI is InChI=1S/C18H17FN2O3S/c1-24-9-4-8-21-17(22)15(14-7-3-10-25-14)16(18(21)23)20-13-6-2-5-12(19)11-13/h2-3,5-7,10-11,20H,4,8-9H2,1H3. The molecule has 0 aliphatic carbocycles. The monoisotopic (exact) mass is 360 g/mol. The summed E-state index contributed by atoms with van der Waals surface area (Å²) in [5.41, 5.74) is 0.918. The number of nitrogens with zero attached hydrogens (tertiary/aromatic N) is 1. The van der Waals surface area contributed by atoms with Crippen LogP contribution in [0.5, 0.6) is 0 Å². The van der Waals surface area contributed by atoms with Crippen molar-refractivity contribution in [3.05, 3.63) is 58.2 Å². The number of thiophene rings is 1. The van der Waals surface area contributed by atoms with Gasteiger partial charge in [-0.25, -0.2) is 4.39 Å². The number of carbonyl (C=O) groups excluding carboxylic acids is 2. The number of nitrogens with one attached hydrogen (secondary N) is 1. The van der Waals surface area contributed by atoms with Gasteiger partial charge in [-0.2, -0.15) is 0 Å². The van der Waals surface area contributed by atoms with E-state index < -0.39 is 11.7 Å². The summed E-state index contributed by atoms with van der Waals surface area (Å²) in [6, 6.07) is 9.39. The van der Waals surface area contributed by atoms with Crippen molar-refractivity contribution >= 4 is 34.4 Å². The van der Waals surface area contributed by atoms with Crippen molar-refractivity contribution in [2.45, 2.75) is 6.42 Å². The predicted octanol–water partition coefficient (Wildman–Crippen LogP) is 3.12. The molecule has 1 N–H and O–H groups in total. The number of methoxy groups -OCH3 is 1. The van der Waals surface area contributed by atoms with Crippen molar-refractivity contribution in [2.75, 3.05) is 25.6 Å². The lowest BCUT2D eigenvalue weighted by atomic mass is 10.2. The average molecular weight is 360 g/mol. The van der Waals surface area contributed by atoms with E-state index in [0.717, 1.165) is 0 Å². The van der Waals surface area contributed by atoms with Crippen LogP contribution < -0.4 is 5.32 Å². The third-order valence-corrected chi connectivity index (χ3v) is 4.65. The molecule has 0 atom stereocenters. The highest BCUT2D eigenvalue weighted by Gasteiger charge is 2.39. The molecular formula is C18H17FN2O3S. The molecule has 1 aromatic carbocycles. The fourth-order valence-electron chi connectivity index (χ4n) is 2.62. The highest BCUT2D eigenvalue weighted by molar-refractivity contribution is 7.11. The minimum absolute atomic E-state index is 0.176. The van der Waals surface area contributed by atoms with Crippen molar-refractivity contribution in [3.8, 4) is 0 Å². The van der Waals surface area contributed by atoms with Gasteiger partial charge in [-0.3, -0.25) is 14.5 Å². The van der Waals surface area contributed by atoms with Gasteiger partial charge in [0.2, 0.25) is 0 Å². The molecule has 2 amide bonds. The Kier molecular flexibility index (Phi) is 5.25. The highest BCUT2D eigenvalue weighted by atomic mass is 32.1. The first-order valence-electron chi connectivity index (χ1n) is 7.77. The second kappa shape index (κ2) is 7.58. The summed E-state index contributed by atoms with van der Waals surface area (Å²) in [6.07, 6.45) is 0.555. The van der Waals surface area contributed by atoms with Crippen LogP contribution in [-0.4, -0.2) is 37.0 Å². The number of imide groups is 1. The fraction of sp³-hybridized carbons (Fsp3) is 0.222. The number of benzene rings is 1. The van der Waals surface area contributed by atoms with Gasteiger partial charge in [0, 0.05) is 30.8 Å². The van der Waals surface area contributed by atoms with Crippen LogP contribution in [0.4, 0.5) is 10.1 Å². The molecule has 25 heavy (non-hydrogen) atoms. The minimum atomic E-state index is -0.419. The molecular weight excluding hydrogens is 343 g/mol. The Morgan fingerprint density at radius 1 is 1.20 bits per heavy atom. The minimum Gasteiger partial charge on any atom is -0.385 e. The molecule has 2 heterocycles. The van der Waals surface area contributed by atoms with E-state index in [1.165, 1.54) is 28.4 Å². The van der Waals surface area contributed by atoms with Crippen LogP contribution in [0.25, 0.3) is 5.57 Å². The lowest BCUT2D eigenvalue weighted by Crippen LogP contribution is -2.33. The van der Waals surface area contributed by atoms with Crippen molar-refractivity contribution in [2.24, 2.45) is 0 Å². The summed E-state index contributed by atoms with van der Waals surface area (Å²) < 4.78 is 18.4. The number of carbonyl (C=O) groups is 2. The molecule has 0 bridgehead atoms. The summed E-state index contributed by atoms with van der Waals surface area (Å²) in [7, 11) is 1.57. The smallest absolute Gasteiger partial charge is 0.278 e. The van der Waals surface area contributed by atoms with E-state index >= 15 is 0 Å². The Labute approximate surface area is 148 Å².